The molecule has 0 bridgehead atoms. The lowest BCUT2D eigenvalue weighted by molar-refractivity contribution is -0.113. The number of halogens is 1. The van der Waals surface area contributed by atoms with Crippen molar-refractivity contribution in [3.8, 4) is 0 Å². The van der Waals surface area contributed by atoms with Crippen LogP contribution in [-0.2, 0) is 4.79 Å². The van der Waals surface area contributed by atoms with E-state index in [1.165, 1.54) is 11.8 Å². The zero-order valence-corrected chi connectivity index (χ0v) is 20.9. The normalized spacial score (nSPS) is 20.1. The van der Waals surface area contributed by atoms with Gasteiger partial charge in [-0.1, -0.05) is 23.7 Å². The summed E-state index contributed by atoms with van der Waals surface area (Å²) >= 11 is 9.62. The van der Waals surface area contributed by atoms with Gasteiger partial charge in [0.05, 0.1) is 9.93 Å². The van der Waals surface area contributed by atoms with E-state index >= 15 is 0 Å². The van der Waals surface area contributed by atoms with Gasteiger partial charge >= 0.3 is 0 Å². The number of hydrogen-bond acceptors (Lipinski definition) is 7. The van der Waals surface area contributed by atoms with Crippen LogP contribution in [0.1, 0.15) is 15.9 Å². The summed E-state index contributed by atoms with van der Waals surface area (Å²) in [4.78, 5) is 41.0. The van der Waals surface area contributed by atoms with Gasteiger partial charge in [-0.05, 0) is 47.7 Å². The van der Waals surface area contributed by atoms with Crippen molar-refractivity contribution in [1.82, 2.24) is 14.8 Å². The minimum atomic E-state index is -0.209. The Balaban J connectivity index is 1.23. The molecule has 34 heavy (non-hydrogen) atoms. The van der Waals surface area contributed by atoms with E-state index < -0.39 is 0 Å². The first-order valence-corrected chi connectivity index (χ1v) is 13.5. The Bertz CT molecular complexity index is 1160. The SMILES string of the molecule is O=C1N=C(N2CCSCC2)S/C1=C/c1cccc(C(=O)N2CCN(c3ncccc3Cl)CC2)c1. The summed E-state index contributed by atoms with van der Waals surface area (Å²) in [5.41, 5.74) is 1.44. The van der Waals surface area contributed by atoms with Gasteiger partial charge in [-0.15, -0.1) is 0 Å². The van der Waals surface area contributed by atoms with Crippen molar-refractivity contribution in [2.24, 2.45) is 4.99 Å². The Labute approximate surface area is 212 Å². The summed E-state index contributed by atoms with van der Waals surface area (Å²) < 4.78 is 0. The second kappa shape index (κ2) is 10.4. The summed E-state index contributed by atoms with van der Waals surface area (Å²) in [6, 6.07) is 11.1. The molecular formula is C24H24ClN5O2S2. The maximum atomic E-state index is 13.2. The molecule has 176 valence electrons. The number of carbonyl (C=O) groups is 2. The quantitative estimate of drug-likeness (QED) is 0.579. The van der Waals surface area contributed by atoms with Crippen LogP contribution in [0.25, 0.3) is 6.08 Å². The molecule has 1 aromatic heterocycles. The number of amides is 2. The van der Waals surface area contributed by atoms with Crippen molar-refractivity contribution < 1.29 is 9.59 Å². The van der Waals surface area contributed by atoms with Gasteiger partial charge in [0.25, 0.3) is 11.8 Å². The number of thioether (sulfide) groups is 2. The fourth-order valence-electron chi connectivity index (χ4n) is 4.11. The van der Waals surface area contributed by atoms with E-state index in [4.69, 9.17) is 11.6 Å². The predicted molar refractivity (Wildman–Crippen MR) is 141 cm³/mol. The van der Waals surface area contributed by atoms with Crippen molar-refractivity contribution in [3.05, 3.63) is 63.6 Å². The molecule has 0 N–H and O–H groups in total. The lowest BCUT2D eigenvalue weighted by atomic mass is 10.1. The zero-order valence-electron chi connectivity index (χ0n) is 18.5. The highest BCUT2D eigenvalue weighted by Gasteiger charge is 2.27. The van der Waals surface area contributed by atoms with Crippen LogP contribution >= 0.6 is 35.1 Å². The molecule has 2 saturated heterocycles. The molecule has 2 aromatic rings. The van der Waals surface area contributed by atoms with Gasteiger partial charge < -0.3 is 14.7 Å². The summed E-state index contributed by atoms with van der Waals surface area (Å²) in [5, 5.41) is 1.41. The Hall–Kier alpha value is -2.49. The van der Waals surface area contributed by atoms with Crippen LogP contribution in [0, 0.1) is 0 Å². The highest BCUT2D eigenvalue weighted by atomic mass is 35.5. The number of hydrogen-bond donors (Lipinski definition) is 0. The molecular weight excluding hydrogens is 490 g/mol. The van der Waals surface area contributed by atoms with Crippen LogP contribution in [0.5, 0.6) is 0 Å². The smallest absolute Gasteiger partial charge is 0.286 e. The number of amidine groups is 1. The summed E-state index contributed by atoms with van der Waals surface area (Å²) in [5.74, 6) is 2.65. The molecule has 0 spiro atoms. The van der Waals surface area contributed by atoms with Crippen LogP contribution in [0.3, 0.4) is 0 Å². The Morgan fingerprint density at radius 1 is 1.00 bits per heavy atom. The number of anilines is 1. The highest BCUT2D eigenvalue weighted by molar-refractivity contribution is 8.18. The predicted octanol–water partition coefficient (Wildman–Crippen LogP) is 3.72. The van der Waals surface area contributed by atoms with Crippen LogP contribution in [0.2, 0.25) is 5.02 Å². The van der Waals surface area contributed by atoms with Crippen LogP contribution in [0.4, 0.5) is 5.82 Å². The summed E-state index contributed by atoms with van der Waals surface area (Å²) in [6.45, 7) is 4.37. The number of nitrogens with zero attached hydrogens (tertiary/aromatic N) is 5. The molecule has 5 rings (SSSR count). The average Bonchev–Trinajstić information content (AvgIpc) is 3.25. The monoisotopic (exact) mass is 513 g/mol. The standard InChI is InChI=1S/C24H24ClN5O2S2/c25-19-5-2-6-26-21(19)28-7-9-29(10-8-28)23(32)18-4-1-3-17(15-18)16-20-22(31)27-24(34-20)30-11-13-33-14-12-30/h1-6,15-16H,7-14H2/b20-16+. The molecule has 3 aliphatic heterocycles. The third-order valence-electron chi connectivity index (χ3n) is 5.93. The molecule has 1 aromatic carbocycles. The van der Waals surface area contributed by atoms with Crippen molar-refractivity contribution >= 4 is 64.0 Å². The first kappa shape index (κ1) is 23.3. The molecule has 3 aliphatic rings. The minimum Gasteiger partial charge on any atom is -0.352 e. The number of aromatic nitrogens is 1. The van der Waals surface area contributed by atoms with Crippen LogP contribution < -0.4 is 4.90 Å². The Kier molecular flexibility index (Phi) is 7.12. The molecule has 0 radical (unpaired) electrons. The van der Waals surface area contributed by atoms with Gasteiger partial charge in [-0.2, -0.15) is 16.8 Å². The van der Waals surface area contributed by atoms with E-state index in [1.54, 1.807) is 6.20 Å². The minimum absolute atomic E-state index is 0.0137. The van der Waals surface area contributed by atoms with Crippen molar-refractivity contribution in [2.45, 2.75) is 0 Å². The second-order valence-electron chi connectivity index (χ2n) is 8.12. The van der Waals surface area contributed by atoms with Gasteiger partial charge in [0.1, 0.15) is 5.82 Å². The van der Waals surface area contributed by atoms with E-state index in [0.717, 1.165) is 41.1 Å². The van der Waals surface area contributed by atoms with Gasteiger partial charge in [0.15, 0.2) is 5.17 Å². The molecule has 10 heteroatoms. The number of pyridine rings is 1. The number of carbonyl (C=O) groups excluding carboxylic acids is 2. The van der Waals surface area contributed by atoms with Gasteiger partial charge in [0.2, 0.25) is 0 Å². The van der Waals surface area contributed by atoms with Crippen LogP contribution in [-0.4, -0.2) is 82.5 Å². The lowest BCUT2D eigenvalue weighted by Crippen LogP contribution is -2.49. The maximum Gasteiger partial charge on any atom is 0.286 e. The first-order chi connectivity index (χ1) is 16.6. The fraction of sp³-hybridized carbons (Fsp3) is 0.333. The topological polar surface area (TPSA) is 69.1 Å². The van der Waals surface area contributed by atoms with E-state index in [1.807, 2.05) is 59.1 Å². The summed E-state index contributed by atoms with van der Waals surface area (Å²) in [7, 11) is 0. The maximum absolute atomic E-state index is 13.2. The van der Waals surface area contributed by atoms with Crippen molar-refractivity contribution in [1.29, 1.82) is 0 Å². The fourth-order valence-corrected chi connectivity index (χ4v) is 6.22. The Morgan fingerprint density at radius 2 is 1.79 bits per heavy atom. The van der Waals surface area contributed by atoms with E-state index in [2.05, 4.69) is 19.8 Å². The molecule has 0 atom stereocenters. The highest BCUT2D eigenvalue weighted by Crippen LogP contribution is 2.31. The molecule has 0 unspecified atom stereocenters. The van der Waals surface area contributed by atoms with E-state index in [0.29, 0.717) is 41.7 Å². The van der Waals surface area contributed by atoms with Crippen molar-refractivity contribution in [3.63, 3.8) is 0 Å². The number of aliphatic imine (C=N–C) groups is 1. The molecule has 7 nitrogen and oxygen atoms in total. The zero-order chi connectivity index (χ0) is 23.5. The molecule has 0 saturated carbocycles. The first-order valence-electron chi connectivity index (χ1n) is 11.2. The third kappa shape index (κ3) is 5.11. The molecule has 4 heterocycles. The molecule has 0 aliphatic carbocycles. The van der Waals surface area contributed by atoms with Gasteiger partial charge in [0, 0.05) is 62.5 Å². The number of benzene rings is 1. The van der Waals surface area contributed by atoms with Crippen LogP contribution in [0.15, 0.2) is 52.5 Å². The third-order valence-corrected chi connectivity index (χ3v) is 8.21. The molecule has 2 amide bonds. The number of rotatable bonds is 3. The Morgan fingerprint density at radius 3 is 2.56 bits per heavy atom. The number of piperazine rings is 1. The second-order valence-corrected chi connectivity index (χ2v) is 10.8. The van der Waals surface area contributed by atoms with E-state index in [9.17, 15) is 9.59 Å². The lowest BCUT2D eigenvalue weighted by Gasteiger charge is -2.35. The average molecular weight is 514 g/mol. The van der Waals surface area contributed by atoms with Gasteiger partial charge in [-0.3, -0.25) is 9.59 Å². The summed E-state index contributed by atoms with van der Waals surface area (Å²) in [6.07, 6.45) is 3.56. The van der Waals surface area contributed by atoms with Gasteiger partial charge in [-0.25, -0.2) is 4.98 Å². The molecule has 2 fully saturated rings. The largest absolute Gasteiger partial charge is 0.352 e. The van der Waals surface area contributed by atoms with Crippen molar-refractivity contribution in [2.75, 3.05) is 55.7 Å². The van der Waals surface area contributed by atoms with E-state index in [-0.39, 0.29) is 11.8 Å².